The Balaban J connectivity index is 3.12. The van der Waals surface area contributed by atoms with Gasteiger partial charge in [-0.15, -0.1) is 0 Å². The Hall–Kier alpha value is 0.0706. The molecular formula is C12H28O4Si3. The first kappa shape index (κ1) is 17.1. The predicted molar refractivity (Wildman–Crippen MR) is 85.0 cm³/mol. The molecule has 0 aromatic carbocycles. The summed E-state index contributed by atoms with van der Waals surface area (Å²) in [6.07, 6.45) is 0.992. The van der Waals surface area contributed by atoms with E-state index in [9.17, 15) is 0 Å². The van der Waals surface area contributed by atoms with Crippen LogP contribution in [-0.4, -0.2) is 45.6 Å². The maximum Gasteiger partial charge on any atom is 0.535 e. The van der Waals surface area contributed by atoms with Gasteiger partial charge < -0.3 is 17.7 Å². The second-order valence-electron chi connectivity index (χ2n) is 6.21. The fourth-order valence-electron chi connectivity index (χ4n) is 2.37. The molecule has 0 aliphatic carbocycles. The largest absolute Gasteiger partial charge is 0.550 e. The molecule has 0 bridgehead atoms. The van der Waals surface area contributed by atoms with Crippen molar-refractivity contribution in [3.8, 4) is 0 Å². The molecule has 1 rings (SSSR count). The standard InChI is InChI=1S/C12H28O4Si3/c1-11(19(13-2,14-3)15-4)12-9-10-17(5,6)18(7,8)16-12/h9-10H2,1-8H3. The van der Waals surface area contributed by atoms with Crippen molar-refractivity contribution in [2.45, 2.75) is 45.6 Å². The van der Waals surface area contributed by atoms with Crippen molar-refractivity contribution >= 4 is 24.2 Å². The van der Waals surface area contributed by atoms with Crippen LogP contribution in [0.15, 0.2) is 11.0 Å². The summed E-state index contributed by atoms with van der Waals surface area (Å²) in [4.78, 5) is 0. The van der Waals surface area contributed by atoms with E-state index in [0.717, 1.165) is 17.4 Å². The summed E-state index contributed by atoms with van der Waals surface area (Å²) in [6, 6.07) is 1.28. The highest BCUT2D eigenvalue weighted by atomic mass is 29.3. The van der Waals surface area contributed by atoms with E-state index in [1.807, 2.05) is 6.92 Å². The molecule has 1 saturated heterocycles. The lowest BCUT2D eigenvalue weighted by Crippen LogP contribution is -2.59. The highest BCUT2D eigenvalue weighted by Crippen LogP contribution is 2.38. The van der Waals surface area contributed by atoms with E-state index in [1.165, 1.54) is 6.04 Å². The van der Waals surface area contributed by atoms with E-state index in [0.29, 0.717) is 0 Å². The van der Waals surface area contributed by atoms with E-state index in [4.69, 9.17) is 17.7 Å². The molecule has 0 amide bonds. The van der Waals surface area contributed by atoms with Crippen LogP contribution in [0.2, 0.25) is 32.2 Å². The molecule has 0 spiro atoms. The average Bonchev–Trinajstić information content (AvgIpc) is 2.35. The van der Waals surface area contributed by atoms with Gasteiger partial charge in [-0.2, -0.15) is 0 Å². The molecule has 0 saturated carbocycles. The second-order valence-corrected chi connectivity index (χ2v) is 24.5. The molecule has 0 unspecified atom stereocenters. The first-order chi connectivity index (χ1) is 8.65. The van der Waals surface area contributed by atoms with Gasteiger partial charge in [-0.1, -0.05) is 13.1 Å². The van der Waals surface area contributed by atoms with Gasteiger partial charge in [0.2, 0.25) is 7.83 Å². The zero-order chi connectivity index (χ0) is 14.9. The molecule has 0 aromatic heterocycles. The Labute approximate surface area is 120 Å². The van der Waals surface area contributed by atoms with Crippen LogP contribution >= 0.6 is 0 Å². The highest BCUT2D eigenvalue weighted by molar-refractivity contribution is 7.38. The molecule has 0 aromatic rings. The van der Waals surface area contributed by atoms with Gasteiger partial charge in [0.25, 0.3) is 0 Å². The van der Waals surface area contributed by atoms with Crippen molar-refractivity contribution in [2.24, 2.45) is 0 Å². The Morgan fingerprint density at radius 3 is 1.89 bits per heavy atom. The van der Waals surface area contributed by atoms with E-state index in [1.54, 1.807) is 21.3 Å². The lowest BCUT2D eigenvalue weighted by molar-refractivity contribution is 0.132. The Morgan fingerprint density at radius 2 is 1.53 bits per heavy atom. The van der Waals surface area contributed by atoms with Gasteiger partial charge in [0, 0.05) is 32.9 Å². The lowest BCUT2D eigenvalue weighted by Gasteiger charge is -2.44. The van der Waals surface area contributed by atoms with Crippen LogP contribution in [0.5, 0.6) is 0 Å². The number of hydrogen-bond donors (Lipinski definition) is 0. The molecule has 1 fully saturated rings. The molecule has 19 heavy (non-hydrogen) atoms. The summed E-state index contributed by atoms with van der Waals surface area (Å²) in [5.74, 6) is 1.06. The van der Waals surface area contributed by atoms with Crippen LogP contribution in [-0.2, 0) is 17.7 Å². The van der Waals surface area contributed by atoms with Crippen molar-refractivity contribution in [2.75, 3.05) is 21.3 Å². The van der Waals surface area contributed by atoms with Crippen molar-refractivity contribution in [3.05, 3.63) is 11.0 Å². The maximum atomic E-state index is 6.44. The van der Waals surface area contributed by atoms with Crippen LogP contribution in [0.25, 0.3) is 0 Å². The van der Waals surface area contributed by atoms with Crippen LogP contribution in [0, 0.1) is 0 Å². The van der Waals surface area contributed by atoms with Gasteiger partial charge in [0.15, 0.2) is 0 Å². The SMILES string of the molecule is CO[Si](OC)(OC)C(C)=C1CC[Si](C)(C)[Si](C)(C)O1. The molecule has 0 N–H and O–H groups in total. The monoisotopic (exact) mass is 320 g/mol. The zero-order valence-electron chi connectivity index (χ0n) is 13.5. The average molecular weight is 321 g/mol. The fourth-order valence-corrected chi connectivity index (χ4v) is 10.4. The Kier molecular flexibility index (Phi) is 5.25. The summed E-state index contributed by atoms with van der Waals surface area (Å²) in [5.41, 5.74) is 0. The summed E-state index contributed by atoms with van der Waals surface area (Å²) in [7, 11) is -0.631. The third-order valence-corrected chi connectivity index (χ3v) is 23.8. The third kappa shape index (κ3) is 3.06. The zero-order valence-corrected chi connectivity index (χ0v) is 16.5. The van der Waals surface area contributed by atoms with E-state index in [-0.39, 0.29) is 0 Å². The van der Waals surface area contributed by atoms with Gasteiger partial charge >= 0.3 is 8.80 Å². The van der Waals surface area contributed by atoms with Gasteiger partial charge in [-0.25, -0.2) is 0 Å². The molecule has 1 heterocycles. The molecule has 0 radical (unpaired) electrons. The van der Waals surface area contributed by atoms with Crippen LogP contribution in [0.3, 0.4) is 0 Å². The van der Waals surface area contributed by atoms with Gasteiger partial charge in [0.05, 0.1) is 13.4 Å². The normalized spacial score (nSPS) is 24.8. The van der Waals surface area contributed by atoms with Gasteiger partial charge in [-0.3, -0.25) is 0 Å². The fraction of sp³-hybridized carbons (Fsp3) is 0.833. The van der Waals surface area contributed by atoms with Crippen LogP contribution in [0.1, 0.15) is 13.3 Å². The summed E-state index contributed by atoms with van der Waals surface area (Å²) >= 11 is 0. The first-order valence-corrected chi connectivity index (χ1v) is 15.5. The highest BCUT2D eigenvalue weighted by Gasteiger charge is 2.50. The van der Waals surface area contributed by atoms with Crippen molar-refractivity contribution in [1.29, 1.82) is 0 Å². The lowest BCUT2D eigenvalue weighted by atomic mass is 10.4. The number of allylic oxidation sites excluding steroid dienone is 2. The van der Waals surface area contributed by atoms with Crippen LogP contribution in [0.4, 0.5) is 0 Å². The van der Waals surface area contributed by atoms with E-state index in [2.05, 4.69) is 26.2 Å². The maximum absolute atomic E-state index is 6.44. The molecule has 1 aliphatic heterocycles. The third-order valence-electron chi connectivity index (χ3n) is 4.67. The summed E-state index contributed by atoms with van der Waals surface area (Å²) in [5, 5.41) is 1.03. The molecule has 1 aliphatic rings. The molecule has 4 nitrogen and oxygen atoms in total. The second kappa shape index (κ2) is 5.82. The topological polar surface area (TPSA) is 36.9 Å². The minimum Gasteiger partial charge on any atom is -0.550 e. The Bertz CT molecular complexity index is 354. The van der Waals surface area contributed by atoms with Crippen molar-refractivity contribution in [1.82, 2.24) is 0 Å². The number of rotatable bonds is 4. The minimum absolute atomic E-state index is 0.992. The minimum atomic E-state index is -2.72. The van der Waals surface area contributed by atoms with Crippen molar-refractivity contribution < 1.29 is 17.7 Å². The quantitative estimate of drug-likeness (QED) is 0.746. The van der Waals surface area contributed by atoms with Crippen molar-refractivity contribution in [3.63, 3.8) is 0 Å². The molecular weight excluding hydrogens is 292 g/mol. The van der Waals surface area contributed by atoms with Crippen LogP contribution < -0.4 is 0 Å². The van der Waals surface area contributed by atoms with E-state index < -0.39 is 24.2 Å². The molecule has 112 valence electrons. The van der Waals surface area contributed by atoms with Gasteiger partial charge in [-0.05, 0) is 26.1 Å². The van der Waals surface area contributed by atoms with E-state index >= 15 is 0 Å². The summed E-state index contributed by atoms with van der Waals surface area (Å²) < 4.78 is 23.1. The first-order valence-electron chi connectivity index (χ1n) is 6.70. The molecule has 0 atom stereocenters. The summed E-state index contributed by atoms with van der Waals surface area (Å²) in [6.45, 7) is 11.6. The molecule has 7 heteroatoms. The number of hydrogen-bond acceptors (Lipinski definition) is 4. The Morgan fingerprint density at radius 1 is 1.05 bits per heavy atom. The predicted octanol–water partition coefficient (Wildman–Crippen LogP) is 3.09. The van der Waals surface area contributed by atoms with Gasteiger partial charge in [0.1, 0.15) is 0 Å². The smallest absolute Gasteiger partial charge is 0.535 e.